The van der Waals surface area contributed by atoms with Crippen molar-refractivity contribution in [2.45, 2.75) is 63.9 Å². The van der Waals surface area contributed by atoms with Gasteiger partial charge in [0.15, 0.2) is 0 Å². The highest BCUT2D eigenvalue weighted by Crippen LogP contribution is 2.70. The first-order chi connectivity index (χ1) is 6.68. The lowest BCUT2D eigenvalue weighted by atomic mass is 9.68. The van der Waals surface area contributed by atoms with Crippen LogP contribution in [0.1, 0.15) is 58.3 Å². The minimum absolute atomic E-state index is 0.230. The van der Waals surface area contributed by atoms with Crippen molar-refractivity contribution in [1.82, 2.24) is 0 Å². The van der Waals surface area contributed by atoms with E-state index in [1.54, 1.807) is 0 Å². The number of aliphatic hydroxyl groups is 1. The maximum Gasteiger partial charge on any atom is 0.0764 e. The molecular weight excluding hydrogens is 172 g/mol. The van der Waals surface area contributed by atoms with Crippen LogP contribution in [0.4, 0.5) is 0 Å². The molecule has 0 spiro atoms. The summed E-state index contributed by atoms with van der Waals surface area (Å²) in [6.07, 6.45) is 10.6. The van der Waals surface area contributed by atoms with E-state index in [-0.39, 0.29) is 11.0 Å². The third-order valence-electron chi connectivity index (χ3n) is 5.46. The second-order valence-electron chi connectivity index (χ2n) is 6.09. The van der Waals surface area contributed by atoms with Crippen LogP contribution >= 0.6 is 0 Å². The van der Waals surface area contributed by atoms with E-state index in [4.69, 9.17) is 0 Å². The van der Waals surface area contributed by atoms with Crippen LogP contribution in [0.25, 0.3) is 0 Å². The van der Waals surface area contributed by atoms with Gasteiger partial charge in [-0.25, -0.2) is 0 Å². The molecule has 0 aromatic carbocycles. The molecule has 2 unspecified atom stereocenters. The normalized spacial score (nSPS) is 50.1. The van der Waals surface area contributed by atoms with Crippen LogP contribution in [0.5, 0.6) is 0 Å². The van der Waals surface area contributed by atoms with Crippen molar-refractivity contribution in [1.29, 1.82) is 0 Å². The second kappa shape index (κ2) is 2.75. The Morgan fingerprint density at radius 2 is 1.50 bits per heavy atom. The molecule has 3 saturated carbocycles. The topological polar surface area (TPSA) is 20.2 Å². The van der Waals surface area contributed by atoms with Gasteiger partial charge in [-0.2, -0.15) is 0 Å². The summed E-state index contributed by atoms with van der Waals surface area (Å²) in [4.78, 5) is 0. The second-order valence-corrected chi connectivity index (χ2v) is 6.09. The van der Waals surface area contributed by atoms with Gasteiger partial charge in [0.05, 0.1) is 5.60 Å². The predicted octanol–water partition coefficient (Wildman–Crippen LogP) is 3.12. The fraction of sp³-hybridized carbons (Fsp3) is 1.00. The summed E-state index contributed by atoms with van der Waals surface area (Å²) in [7, 11) is 0. The van der Waals surface area contributed by atoms with Gasteiger partial charge in [-0.3, -0.25) is 0 Å². The molecule has 0 radical (unpaired) electrons. The van der Waals surface area contributed by atoms with Crippen molar-refractivity contribution in [3.63, 3.8) is 0 Å². The first kappa shape index (κ1) is 9.21. The molecule has 0 aliphatic heterocycles. The largest absolute Gasteiger partial charge is 0.389 e. The molecule has 0 amide bonds. The van der Waals surface area contributed by atoms with Crippen LogP contribution in [-0.2, 0) is 0 Å². The number of hydrogen-bond acceptors (Lipinski definition) is 1. The summed E-state index contributed by atoms with van der Waals surface area (Å²) >= 11 is 0. The first-order valence-corrected chi connectivity index (χ1v) is 6.41. The summed E-state index contributed by atoms with van der Waals surface area (Å²) in [5, 5.41) is 10.8. The molecule has 0 aromatic rings. The van der Waals surface area contributed by atoms with E-state index < -0.39 is 0 Å². The van der Waals surface area contributed by atoms with Gasteiger partial charge in [0, 0.05) is 0 Å². The van der Waals surface area contributed by atoms with Gasteiger partial charge < -0.3 is 5.11 Å². The van der Waals surface area contributed by atoms with E-state index in [0.717, 1.165) is 0 Å². The molecule has 3 rings (SSSR count). The van der Waals surface area contributed by atoms with Gasteiger partial charge >= 0.3 is 0 Å². The summed E-state index contributed by atoms with van der Waals surface area (Å²) in [6.45, 7) is 2.35. The van der Waals surface area contributed by atoms with Crippen LogP contribution in [-0.4, -0.2) is 10.7 Å². The number of fused-ring (bicyclic) bond motifs is 1. The van der Waals surface area contributed by atoms with Gasteiger partial charge in [0.2, 0.25) is 0 Å². The third-order valence-corrected chi connectivity index (χ3v) is 5.46. The maximum atomic E-state index is 10.8. The summed E-state index contributed by atoms with van der Waals surface area (Å²) in [6, 6.07) is 0. The van der Waals surface area contributed by atoms with E-state index >= 15 is 0 Å². The average Bonchev–Trinajstić information content (AvgIpc) is 2.63. The molecular formula is C13H22O. The Morgan fingerprint density at radius 3 is 2.07 bits per heavy atom. The van der Waals surface area contributed by atoms with E-state index in [1.807, 2.05) is 0 Å². The number of rotatable bonds is 1. The smallest absolute Gasteiger partial charge is 0.0764 e. The zero-order valence-corrected chi connectivity index (χ0v) is 9.26. The zero-order valence-electron chi connectivity index (χ0n) is 9.26. The van der Waals surface area contributed by atoms with Crippen molar-refractivity contribution in [2.75, 3.05) is 0 Å². The van der Waals surface area contributed by atoms with Crippen LogP contribution in [0.2, 0.25) is 0 Å². The van der Waals surface area contributed by atoms with Crippen LogP contribution < -0.4 is 0 Å². The Labute approximate surface area is 86.9 Å². The predicted molar refractivity (Wildman–Crippen MR) is 57.0 cm³/mol. The lowest BCUT2D eigenvalue weighted by Gasteiger charge is -2.40. The quantitative estimate of drug-likeness (QED) is 0.680. The molecule has 80 valence electrons. The van der Waals surface area contributed by atoms with Crippen LogP contribution in [0, 0.1) is 17.3 Å². The van der Waals surface area contributed by atoms with Gasteiger partial charge in [-0.1, -0.05) is 32.6 Å². The van der Waals surface area contributed by atoms with Crippen LogP contribution in [0.3, 0.4) is 0 Å². The SMILES string of the molecule is CC1(C2(O)C3CCCC32)CCCCC1. The molecule has 0 heterocycles. The Morgan fingerprint density at radius 1 is 0.929 bits per heavy atom. The number of hydrogen-bond donors (Lipinski definition) is 1. The first-order valence-electron chi connectivity index (χ1n) is 6.41. The Bertz CT molecular complexity index is 228. The molecule has 1 nitrogen and oxygen atoms in total. The van der Waals surface area contributed by atoms with Gasteiger partial charge in [0.1, 0.15) is 0 Å². The molecule has 1 heteroatoms. The zero-order chi connectivity index (χ0) is 9.81. The minimum atomic E-state index is -0.230. The Hall–Kier alpha value is -0.0400. The van der Waals surface area contributed by atoms with E-state index in [1.165, 1.54) is 51.4 Å². The highest BCUT2D eigenvalue weighted by Gasteiger charge is 2.72. The fourth-order valence-electron chi connectivity index (χ4n) is 4.55. The molecule has 14 heavy (non-hydrogen) atoms. The molecule has 3 aliphatic rings. The molecule has 1 N–H and O–H groups in total. The van der Waals surface area contributed by atoms with Crippen molar-refractivity contribution in [3.05, 3.63) is 0 Å². The van der Waals surface area contributed by atoms with Gasteiger partial charge in [-0.15, -0.1) is 0 Å². The Kier molecular flexibility index (Phi) is 1.81. The van der Waals surface area contributed by atoms with Crippen molar-refractivity contribution in [2.24, 2.45) is 17.3 Å². The summed E-state index contributed by atoms with van der Waals surface area (Å²) < 4.78 is 0. The van der Waals surface area contributed by atoms with Crippen LogP contribution in [0.15, 0.2) is 0 Å². The monoisotopic (exact) mass is 194 g/mol. The molecule has 0 saturated heterocycles. The minimum Gasteiger partial charge on any atom is -0.389 e. The van der Waals surface area contributed by atoms with E-state index in [0.29, 0.717) is 11.8 Å². The molecule has 0 aromatic heterocycles. The lowest BCUT2D eigenvalue weighted by Crippen LogP contribution is -2.40. The third kappa shape index (κ3) is 0.946. The Balaban J connectivity index is 1.81. The summed E-state index contributed by atoms with van der Waals surface area (Å²) in [5.41, 5.74) is 0.0483. The van der Waals surface area contributed by atoms with Crippen molar-refractivity contribution < 1.29 is 5.11 Å². The molecule has 0 bridgehead atoms. The van der Waals surface area contributed by atoms with E-state index in [2.05, 4.69) is 6.92 Å². The molecule has 3 fully saturated rings. The van der Waals surface area contributed by atoms with E-state index in [9.17, 15) is 5.11 Å². The lowest BCUT2D eigenvalue weighted by molar-refractivity contribution is -0.0419. The molecule has 3 aliphatic carbocycles. The van der Waals surface area contributed by atoms with Crippen molar-refractivity contribution in [3.8, 4) is 0 Å². The maximum absolute atomic E-state index is 10.8. The van der Waals surface area contributed by atoms with Gasteiger partial charge in [0.25, 0.3) is 0 Å². The summed E-state index contributed by atoms with van der Waals surface area (Å²) in [5.74, 6) is 1.37. The van der Waals surface area contributed by atoms with Gasteiger partial charge in [-0.05, 0) is 42.9 Å². The fourth-order valence-corrected chi connectivity index (χ4v) is 4.55. The highest BCUT2D eigenvalue weighted by atomic mass is 16.3. The van der Waals surface area contributed by atoms with Crippen molar-refractivity contribution >= 4 is 0 Å². The highest BCUT2D eigenvalue weighted by molar-refractivity contribution is 5.21. The average molecular weight is 194 g/mol. The molecule has 2 atom stereocenters. The standard InChI is InChI=1S/C13H22O/c1-12(8-3-2-4-9-12)13(14)10-6-5-7-11(10)13/h10-11,14H,2-9H2,1H3.